The molecule has 1 aliphatic rings. The van der Waals surface area contributed by atoms with Gasteiger partial charge in [-0.25, -0.2) is 0 Å². The maximum Gasteiger partial charge on any atom is 0.277 e. The molecule has 0 unspecified atom stereocenters. The average Bonchev–Trinajstić information content (AvgIpc) is 3.20. The third-order valence-electron chi connectivity index (χ3n) is 5.42. The average molecular weight is 511 g/mol. The normalized spacial score (nSPS) is 12.9. The summed E-state index contributed by atoms with van der Waals surface area (Å²) in [4.78, 5) is 35.4. The molecule has 0 bridgehead atoms. The van der Waals surface area contributed by atoms with E-state index in [0.29, 0.717) is 0 Å². The molecule has 1 N–H and O–H groups in total. The largest absolute Gasteiger partial charge is 0.348 e. The van der Waals surface area contributed by atoms with Gasteiger partial charge in [0.25, 0.3) is 17.3 Å². The molecule has 4 rings (SSSR count). The van der Waals surface area contributed by atoms with Crippen LogP contribution in [-0.2, 0) is 26.2 Å². The van der Waals surface area contributed by atoms with Gasteiger partial charge in [-0.2, -0.15) is 0 Å². The minimum absolute atomic E-state index is 0.127. The summed E-state index contributed by atoms with van der Waals surface area (Å²) in [6, 6.07) is 17.1. The van der Waals surface area contributed by atoms with Gasteiger partial charge in [-0.3, -0.25) is 29.9 Å². The lowest BCUT2D eigenvalue weighted by Crippen LogP contribution is -2.23. The second-order valence-electron chi connectivity index (χ2n) is 7.81. The van der Waals surface area contributed by atoms with E-state index in [2.05, 4.69) is 38.3 Å². The van der Waals surface area contributed by atoms with Crippen LogP contribution < -0.4 is 5.32 Å². The fraction of sp³-hybridized carbons (Fsp3) is 0.174. The van der Waals surface area contributed by atoms with E-state index in [4.69, 9.17) is 0 Å². The van der Waals surface area contributed by atoms with E-state index in [0.717, 1.165) is 47.9 Å². The summed E-state index contributed by atoms with van der Waals surface area (Å²) in [5.74, 6) is -0.612. The predicted molar refractivity (Wildman–Crippen MR) is 124 cm³/mol. The second-order valence-corrected chi connectivity index (χ2v) is 8.73. The zero-order chi connectivity index (χ0) is 23.5. The van der Waals surface area contributed by atoms with Crippen molar-refractivity contribution >= 4 is 33.2 Å². The predicted octanol–water partition coefficient (Wildman–Crippen LogP) is 4.71. The zero-order valence-electron chi connectivity index (χ0n) is 17.4. The first-order valence-corrected chi connectivity index (χ1v) is 10.9. The molecule has 1 amide bonds. The lowest BCUT2D eigenvalue weighted by molar-refractivity contribution is -0.394. The Morgan fingerprint density at radius 1 is 0.879 bits per heavy atom. The van der Waals surface area contributed by atoms with Crippen molar-refractivity contribution in [3.8, 4) is 0 Å². The van der Waals surface area contributed by atoms with Crippen LogP contribution in [0.1, 0.15) is 32.6 Å². The molecule has 0 aromatic heterocycles. The van der Waals surface area contributed by atoms with Gasteiger partial charge in [-0.05, 0) is 34.4 Å². The maximum atomic E-state index is 12.5. The number of fused-ring (bicyclic) bond motifs is 1. The Kier molecular flexibility index (Phi) is 6.47. The van der Waals surface area contributed by atoms with Crippen molar-refractivity contribution in [1.29, 1.82) is 0 Å². The van der Waals surface area contributed by atoms with Crippen LogP contribution in [0.5, 0.6) is 0 Å². The number of non-ortho nitro benzene ring substituents is 2. The van der Waals surface area contributed by atoms with E-state index in [9.17, 15) is 25.0 Å². The Balaban J connectivity index is 1.41. The van der Waals surface area contributed by atoms with Crippen molar-refractivity contribution in [2.75, 3.05) is 0 Å². The van der Waals surface area contributed by atoms with Gasteiger partial charge in [0.2, 0.25) is 0 Å². The lowest BCUT2D eigenvalue weighted by atomic mass is 10.1. The van der Waals surface area contributed by atoms with Crippen LogP contribution >= 0.6 is 15.9 Å². The van der Waals surface area contributed by atoms with E-state index in [1.54, 1.807) is 0 Å². The molecule has 168 valence electrons. The van der Waals surface area contributed by atoms with Crippen molar-refractivity contribution in [2.45, 2.75) is 26.2 Å². The van der Waals surface area contributed by atoms with Gasteiger partial charge < -0.3 is 5.32 Å². The first-order valence-electron chi connectivity index (χ1n) is 10.1. The minimum Gasteiger partial charge on any atom is -0.348 e. The summed E-state index contributed by atoms with van der Waals surface area (Å²) in [6.45, 7) is 2.68. The van der Waals surface area contributed by atoms with Gasteiger partial charge in [0.05, 0.1) is 21.5 Å². The number of carbonyl (C=O) groups excluding carboxylic acids is 1. The summed E-state index contributed by atoms with van der Waals surface area (Å²) in [5.41, 5.74) is 3.40. The molecule has 3 aromatic rings. The number of rotatable bonds is 7. The van der Waals surface area contributed by atoms with E-state index >= 15 is 0 Å². The number of halogens is 1. The van der Waals surface area contributed by atoms with Crippen LogP contribution in [0.2, 0.25) is 0 Å². The van der Waals surface area contributed by atoms with Crippen molar-refractivity contribution in [3.05, 3.63) is 113 Å². The molecule has 0 saturated carbocycles. The smallest absolute Gasteiger partial charge is 0.277 e. The Labute approximate surface area is 197 Å². The molecule has 9 nitrogen and oxygen atoms in total. The molecule has 1 aliphatic heterocycles. The van der Waals surface area contributed by atoms with E-state index < -0.39 is 27.1 Å². The molecule has 3 aromatic carbocycles. The first kappa shape index (κ1) is 22.6. The van der Waals surface area contributed by atoms with Crippen molar-refractivity contribution in [1.82, 2.24) is 10.2 Å². The fourth-order valence-electron chi connectivity index (χ4n) is 3.81. The summed E-state index contributed by atoms with van der Waals surface area (Å²) in [6.07, 6.45) is 0. The highest BCUT2D eigenvalue weighted by Crippen LogP contribution is 2.26. The number of benzene rings is 3. The molecule has 0 saturated heterocycles. The molecule has 0 radical (unpaired) electrons. The number of carbonyl (C=O) groups is 1. The van der Waals surface area contributed by atoms with Crippen LogP contribution in [0, 0.1) is 20.2 Å². The zero-order valence-corrected chi connectivity index (χ0v) is 18.9. The van der Waals surface area contributed by atoms with Gasteiger partial charge >= 0.3 is 0 Å². The molecule has 1 heterocycles. The minimum atomic E-state index is -0.760. The molecule has 0 fully saturated rings. The van der Waals surface area contributed by atoms with Crippen LogP contribution in [0.4, 0.5) is 11.4 Å². The van der Waals surface area contributed by atoms with Crippen LogP contribution in [-0.4, -0.2) is 20.7 Å². The molecular weight excluding hydrogens is 492 g/mol. The standard InChI is InChI=1S/C23H19BrN4O5/c24-20-5-2-15(3-6-20)12-26-13-17-4-1-16(7-19(17)14-26)11-25-23(29)18-8-21(27(30)31)10-22(9-18)28(32)33/h1-10H,11-14H2,(H,25,29). The fourth-order valence-corrected chi connectivity index (χ4v) is 4.07. The maximum absolute atomic E-state index is 12.5. The molecular formula is C23H19BrN4O5. The highest BCUT2D eigenvalue weighted by atomic mass is 79.9. The SMILES string of the molecule is O=C(NCc1ccc2c(c1)CN(Cc1ccc(Br)cc1)C2)c1cc([N+](=O)[O-])cc([N+](=O)[O-])c1. The van der Waals surface area contributed by atoms with Crippen molar-refractivity contribution in [3.63, 3.8) is 0 Å². The van der Waals surface area contributed by atoms with Gasteiger partial charge in [0.15, 0.2) is 0 Å². The second kappa shape index (κ2) is 9.47. The Bertz CT molecular complexity index is 1210. The molecule has 0 spiro atoms. The summed E-state index contributed by atoms with van der Waals surface area (Å²) in [7, 11) is 0. The molecule has 10 heteroatoms. The van der Waals surface area contributed by atoms with E-state index in [-0.39, 0.29) is 12.1 Å². The van der Waals surface area contributed by atoms with Gasteiger partial charge in [-0.15, -0.1) is 0 Å². The Hall–Kier alpha value is -3.63. The van der Waals surface area contributed by atoms with Crippen molar-refractivity contribution in [2.24, 2.45) is 0 Å². The highest BCUT2D eigenvalue weighted by Gasteiger charge is 2.21. The topological polar surface area (TPSA) is 119 Å². The Morgan fingerprint density at radius 3 is 2.12 bits per heavy atom. The number of nitro benzene ring substituents is 2. The van der Waals surface area contributed by atoms with E-state index in [1.807, 2.05) is 30.3 Å². The highest BCUT2D eigenvalue weighted by molar-refractivity contribution is 9.10. The molecule has 33 heavy (non-hydrogen) atoms. The Morgan fingerprint density at radius 2 is 1.48 bits per heavy atom. The van der Waals surface area contributed by atoms with Crippen molar-refractivity contribution < 1.29 is 14.6 Å². The van der Waals surface area contributed by atoms with Gasteiger partial charge in [0, 0.05) is 42.8 Å². The third-order valence-corrected chi connectivity index (χ3v) is 5.95. The summed E-state index contributed by atoms with van der Waals surface area (Å²) < 4.78 is 1.04. The number of hydrogen-bond donors (Lipinski definition) is 1. The summed E-state index contributed by atoms with van der Waals surface area (Å²) in [5, 5.41) is 24.8. The number of nitrogens with one attached hydrogen (secondary N) is 1. The monoisotopic (exact) mass is 510 g/mol. The molecule has 0 aliphatic carbocycles. The van der Waals surface area contributed by atoms with E-state index in [1.165, 1.54) is 16.7 Å². The number of amides is 1. The third kappa shape index (κ3) is 5.41. The number of nitrogens with zero attached hydrogens (tertiary/aromatic N) is 3. The van der Waals surface area contributed by atoms with Gasteiger partial charge in [0.1, 0.15) is 0 Å². The van der Waals surface area contributed by atoms with Crippen LogP contribution in [0.15, 0.2) is 65.1 Å². The quantitative estimate of drug-likeness (QED) is 0.363. The lowest BCUT2D eigenvalue weighted by Gasteiger charge is -2.14. The van der Waals surface area contributed by atoms with Crippen LogP contribution in [0.3, 0.4) is 0 Å². The van der Waals surface area contributed by atoms with Crippen LogP contribution in [0.25, 0.3) is 0 Å². The first-order chi connectivity index (χ1) is 15.8. The number of hydrogen-bond acceptors (Lipinski definition) is 6. The molecule has 0 atom stereocenters. The summed E-state index contributed by atoms with van der Waals surface area (Å²) >= 11 is 3.45. The number of nitro groups is 2. The van der Waals surface area contributed by atoms with Gasteiger partial charge in [-0.1, -0.05) is 46.3 Å².